The van der Waals surface area contributed by atoms with Crippen LogP contribution in [0, 0.1) is 0 Å². The molecule has 7 heteroatoms. The summed E-state index contributed by atoms with van der Waals surface area (Å²) in [5, 5.41) is 9.18. The number of carbonyl (C=O) groups is 1. The number of hydroxylamine groups is 1. The zero-order chi connectivity index (χ0) is 23.5. The summed E-state index contributed by atoms with van der Waals surface area (Å²) in [6.07, 6.45) is 3.00. The van der Waals surface area contributed by atoms with Crippen LogP contribution >= 0.6 is 0 Å². The first-order valence-corrected chi connectivity index (χ1v) is 10.7. The second kappa shape index (κ2) is 12.4. The van der Waals surface area contributed by atoms with E-state index in [2.05, 4.69) is 17.0 Å². The molecule has 0 bridgehead atoms. The Kier molecular flexibility index (Phi) is 8.99. The quantitative estimate of drug-likeness (QED) is 0.297. The second-order valence-corrected chi connectivity index (χ2v) is 7.22. The standard InChI is InChI=1S/C26H28N2O5/c1-3-31-25(26(29)30)18-20-4-10-24(11-5-20)32-16-17-33-28-19(2)21-6-8-22(9-7-21)23-12-14-27-15-13-23/h4-15,25,28H,2-3,16-18H2,1H3,(H,29,30). The summed E-state index contributed by atoms with van der Waals surface area (Å²) in [7, 11) is 0. The number of rotatable bonds is 13. The molecule has 0 aliphatic rings. The summed E-state index contributed by atoms with van der Waals surface area (Å²) in [6, 6.07) is 19.2. The SMILES string of the molecule is C=C(NOCCOc1ccc(CC(OCC)C(=O)O)cc1)c1ccc(-c2ccncc2)cc1. The monoisotopic (exact) mass is 448 g/mol. The molecule has 0 radical (unpaired) electrons. The Bertz CT molecular complexity index is 1020. The molecule has 2 N–H and O–H groups in total. The molecular weight excluding hydrogens is 420 g/mol. The van der Waals surface area contributed by atoms with Gasteiger partial charge in [0.05, 0.1) is 5.70 Å². The fourth-order valence-electron chi connectivity index (χ4n) is 3.16. The number of pyridine rings is 1. The molecule has 1 heterocycles. The number of hydrogen-bond acceptors (Lipinski definition) is 6. The van der Waals surface area contributed by atoms with Gasteiger partial charge in [-0.2, -0.15) is 0 Å². The van der Waals surface area contributed by atoms with Gasteiger partial charge in [-0.1, -0.05) is 43.0 Å². The smallest absolute Gasteiger partial charge is 0.333 e. The fraction of sp³-hybridized carbons (Fsp3) is 0.231. The van der Waals surface area contributed by atoms with E-state index in [4.69, 9.17) is 14.3 Å². The number of nitrogens with one attached hydrogen (secondary N) is 1. The third kappa shape index (κ3) is 7.45. The lowest BCUT2D eigenvalue weighted by Gasteiger charge is -2.13. The maximum atomic E-state index is 11.2. The van der Waals surface area contributed by atoms with Gasteiger partial charge in [0, 0.05) is 25.4 Å². The first-order valence-electron chi connectivity index (χ1n) is 10.7. The number of carboxylic acid groups (broad SMARTS) is 1. The summed E-state index contributed by atoms with van der Waals surface area (Å²) in [4.78, 5) is 20.7. The number of nitrogens with zero attached hydrogens (tertiary/aromatic N) is 1. The van der Waals surface area contributed by atoms with Gasteiger partial charge < -0.3 is 14.6 Å². The molecule has 172 valence electrons. The van der Waals surface area contributed by atoms with Crippen molar-refractivity contribution in [3.8, 4) is 16.9 Å². The van der Waals surface area contributed by atoms with Crippen LogP contribution in [0.2, 0.25) is 0 Å². The molecule has 3 rings (SSSR count). The van der Waals surface area contributed by atoms with E-state index in [1.165, 1.54) is 0 Å². The van der Waals surface area contributed by atoms with Crippen LogP contribution in [0.15, 0.2) is 79.6 Å². The summed E-state index contributed by atoms with van der Waals surface area (Å²) in [5.74, 6) is -0.288. The minimum atomic E-state index is -0.965. The Morgan fingerprint density at radius 1 is 1.00 bits per heavy atom. The average Bonchev–Trinajstić information content (AvgIpc) is 2.85. The van der Waals surface area contributed by atoms with Gasteiger partial charge >= 0.3 is 5.97 Å². The largest absolute Gasteiger partial charge is 0.491 e. The molecule has 2 aromatic carbocycles. The lowest BCUT2D eigenvalue weighted by molar-refractivity contribution is -0.149. The van der Waals surface area contributed by atoms with Crippen molar-refractivity contribution < 1.29 is 24.2 Å². The predicted octanol–water partition coefficient (Wildman–Crippen LogP) is 4.35. The molecule has 7 nitrogen and oxygen atoms in total. The van der Waals surface area contributed by atoms with Crippen molar-refractivity contribution in [2.24, 2.45) is 0 Å². The van der Waals surface area contributed by atoms with E-state index in [0.29, 0.717) is 37.7 Å². The molecule has 0 saturated heterocycles. The van der Waals surface area contributed by atoms with Gasteiger partial charge in [-0.15, -0.1) is 0 Å². The summed E-state index contributed by atoms with van der Waals surface area (Å²) in [6.45, 7) is 6.80. The second-order valence-electron chi connectivity index (χ2n) is 7.22. The van der Waals surface area contributed by atoms with Crippen LogP contribution in [0.4, 0.5) is 0 Å². The molecule has 33 heavy (non-hydrogen) atoms. The fourth-order valence-corrected chi connectivity index (χ4v) is 3.16. The van der Waals surface area contributed by atoms with Crippen molar-refractivity contribution in [1.29, 1.82) is 0 Å². The Morgan fingerprint density at radius 2 is 1.67 bits per heavy atom. The van der Waals surface area contributed by atoms with E-state index in [9.17, 15) is 9.90 Å². The van der Waals surface area contributed by atoms with Crippen LogP contribution in [0.3, 0.4) is 0 Å². The third-order valence-electron chi connectivity index (χ3n) is 4.88. The van der Waals surface area contributed by atoms with E-state index < -0.39 is 12.1 Å². The summed E-state index contributed by atoms with van der Waals surface area (Å²) >= 11 is 0. The maximum absolute atomic E-state index is 11.2. The number of benzene rings is 2. The van der Waals surface area contributed by atoms with Crippen LogP contribution in [0.1, 0.15) is 18.1 Å². The highest BCUT2D eigenvalue weighted by atomic mass is 16.7. The number of hydrogen-bond donors (Lipinski definition) is 2. The van der Waals surface area contributed by atoms with Crippen molar-refractivity contribution in [3.05, 3.63) is 90.8 Å². The first-order chi connectivity index (χ1) is 16.1. The maximum Gasteiger partial charge on any atom is 0.333 e. The molecule has 0 saturated carbocycles. The van der Waals surface area contributed by atoms with E-state index in [1.54, 1.807) is 31.5 Å². The number of aliphatic carboxylic acids is 1. The molecule has 0 amide bonds. The van der Waals surface area contributed by atoms with E-state index in [1.807, 2.05) is 48.5 Å². The summed E-state index contributed by atoms with van der Waals surface area (Å²) < 4.78 is 10.9. The van der Waals surface area contributed by atoms with E-state index >= 15 is 0 Å². The highest BCUT2D eigenvalue weighted by Gasteiger charge is 2.17. The molecule has 0 aliphatic carbocycles. The van der Waals surface area contributed by atoms with Gasteiger partial charge in [0.25, 0.3) is 0 Å². The molecule has 1 atom stereocenters. The van der Waals surface area contributed by atoms with Crippen molar-refractivity contribution in [2.45, 2.75) is 19.4 Å². The Hall–Kier alpha value is -3.68. The molecule has 0 spiro atoms. The van der Waals surface area contributed by atoms with Gasteiger partial charge in [0.1, 0.15) is 19.0 Å². The molecular formula is C26H28N2O5. The summed E-state index contributed by atoms with van der Waals surface area (Å²) in [5.41, 5.74) is 7.50. The van der Waals surface area contributed by atoms with E-state index in [0.717, 1.165) is 22.3 Å². The zero-order valence-electron chi connectivity index (χ0n) is 18.6. The molecule has 1 aromatic heterocycles. The minimum Gasteiger partial charge on any atom is -0.491 e. The van der Waals surface area contributed by atoms with Crippen LogP contribution < -0.4 is 10.2 Å². The Morgan fingerprint density at radius 3 is 2.30 bits per heavy atom. The zero-order valence-corrected chi connectivity index (χ0v) is 18.6. The topological polar surface area (TPSA) is 89.9 Å². The molecule has 3 aromatic rings. The van der Waals surface area contributed by atoms with Crippen LogP contribution in [-0.4, -0.2) is 42.0 Å². The highest BCUT2D eigenvalue weighted by molar-refractivity contribution is 5.72. The average molecular weight is 449 g/mol. The normalized spacial score (nSPS) is 11.5. The van der Waals surface area contributed by atoms with Gasteiger partial charge in [0.15, 0.2) is 6.10 Å². The third-order valence-corrected chi connectivity index (χ3v) is 4.88. The first kappa shape index (κ1) is 24.0. The molecule has 0 fully saturated rings. The van der Waals surface area contributed by atoms with Crippen LogP contribution in [-0.2, 0) is 20.8 Å². The molecule has 1 unspecified atom stereocenters. The number of ether oxygens (including phenoxy) is 2. The Balaban J connectivity index is 1.38. The molecule has 0 aliphatic heterocycles. The van der Waals surface area contributed by atoms with E-state index in [-0.39, 0.29) is 0 Å². The van der Waals surface area contributed by atoms with Gasteiger partial charge in [-0.3, -0.25) is 15.3 Å². The predicted molar refractivity (Wildman–Crippen MR) is 126 cm³/mol. The lowest BCUT2D eigenvalue weighted by atomic mass is 10.0. The van der Waals surface area contributed by atoms with Gasteiger partial charge in [0.2, 0.25) is 0 Å². The van der Waals surface area contributed by atoms with Crippen molar-refractivity contribution in [2.75, 3.05) is 19.8 Å². The van der Waals surface area contributed by atoms with Crippen LogP contribution in [0.25, 0.3) is 16.8 Å². The van der Waals surface area contributed by atoms with Crippen molar-refractivity contribution in [3.63, 3.8) is 0 Å². The minimum absolute atomic E-state index is 0.308. The van der Waals surface area contributed by atoms with Gasteiger partial charge in [-0.05, 0) is 53.4 Å². The number of aromatic nitrogens is 1. The van der Waals surface area contributed by atoms with Crippen molar-refractivity contribution >= 4 is 11.7 Å². The van der Waals surface area contributed by atoms with Crippen molar-refractivity contribution in [1.82, 2.24) is 10.5 Å². The lowest BCUT2D eigenvalue weighted by Crippen LogP contribution is -2.26. The van der Waals surface area contributed by atoms with Crippen LogP contribution in [0.5, 0.6) is 5.75 Å². The Labute approximate surface area is 193 Å². The number of carboxylic acids is 1. The van der Waals surface area contributed by atoms with Gasteiger partial charge in [-0.25, -0.2) is 4.79 Å². The highest BCUT2D eigenvalue weighted by Crippen LogP contribution is 2.20.